The summed E-state index contributed by atoms with van der Waals surface area (Å²) in [6, 6.07) is 0.692. The third kappa shape index (κ3) is 6.09. The van der Waals surface area contributed by atoms with Crippen molar-refractivity contribution in [3.8, 4) is 0 Å². The van der Waals surface area contributed by atoms with Gasteiger partial charge < -0.3 is 15.1 Å². The summed E-state index contributed by atoms with van der Waals surface area (Å²) in [4.78, 5) is 12.6. The minimum absolute atomic E-state index is 0. The lowest BCUT2D eigenvalue weighted by Crippen LogP contribution is -2.43. The molecule has 6 heteroatoms. The molecule has 1 N–H and O–H groups in total. The molecule has 2 fully saturated rings. The Balaban J connectivity index is 0.00000243. The van der Waals surface area contributed by atoms with E-state index in [0.29, 0.717) is 6.04 Å². The van der Waals surface area contributed by atoms with Gasteiger partial charge in [-0.3, -0.25) is 9.89 Å². The number of hydrogen-bond acceptors (Lipinski definition) is 3. The molecule has 5 nitrogen and oxygen atoms in total. The van der Waals surface area contributed by atoms with Crippen LogP contribution >= 0.6 is 24.0 Å². The fourth-order valence-electron chi connectivity index (χ4n) is 4.39. The first-order valence-corrected chi connectivity index (χ1v) is 10.4. The van der Waals surface area contributed by atoms with Gasteiger partial charge in [-0.05, 0) is 58.2 Å². The van der Waals surface area contributed by atoms with Gasteiger partial charge in [-0.15, -0.1) is 24.0 Å². The van der Waals surface area contributed by atoms with Crippen LogP contribution in [-0.2, 0) is 0 Å². The van der Waals surface area contributed by atoms with Crippen molar-refractivity contribution in [1.29, 1.82) is 0 Å². The van der Waals surface area contributed by atoms with Gasteiger partial charge in [0.1, 0.15) is 0 Å². The highest BCUT2D eigenvalue weighted by Gasteiger charge is 2.29. The lowest BCUT2D eigenvalue weighted by molar-refractivity contribution is 0.188. The number of halogens is 1. The molecule has 3 aliphatic rings. The van der Waals surface area contributed by atoms with Crippen LogP contribution in [0.1, 0.15) is 39.5 Å². The quantitative estimate of drug-likeness (QED) is 0.277. The van der Waals surface area contributed by atoms with Gasteiger partial charge in [0.2, 0.25) is 0 Å². The lowest BCUT2D eigenvalue weighted by atomic mass is 9.94. The number of piperidine rings is 1. The Kier molecular flexibility index (Phi) is 9.70. The van der Waals surface area contributed by atoms with Crippen LogP contribution in [0.5, 0.6) is 0 Å². The Labute approximate surface area is 177 Å². The topological polar surface area (TPSA) is 34.1 Å². The van der Waals surface area contributed by atoms with E-state index in [1.165, 1.54) is 45.3 Å². The minimum atomic E-state index is 0. The van der Waals surface area contributed by atoms with E-state index in [2.05, 4.69) is 46.0 Å². The highest BCUT2D eigenvalue weighted by atomic mass is 127. The van der Waals surface area contributed by atoms with Crippen LogP contribution in [0.25, 0.3) is 0 Å². The van der Waals surface area contributed by atoms with Crippen molar-refractivity contribution in [3.05, 3.63) is 12.2 Å². The van der Waals surface area contributed by atoms with Crippen molar-refractivity contribution in [2.75, 3.05) is 58.9 Å². The largest absolute Gasteiger partial charge is 0.357 e. The molecule has 0 saturated carbocycles. The molecule has 0 aromatic carbocycles. The van der Waals surface area contributed by atoms with Crippen molar-refractivity contribution in [2.24, 2.45) is 10.9 Å². The number of rotatable bonds is 6. The second kappa shape index (κ2) is 11.5. The highest BCUT2D eigenvalue weighted by molar-refractivity contribution is 14.0. The maximum atomic E-state index is 4.97. The minimum Gasteiger partial charge on any atom is -0.357 e. The predicted octanol–water partition coefficient (Wildman–Crippen LogP) is 2.64. The van der Waals surface area contributed by atoms with Gasteiger partial charge in [0.05, 0.1) is 0 Å². The third-order valence-corrected chi connectivity index (χ3v) is 6.11. The predicted molar refractivity (Wildman–Crippen MR) is 122 cm³/mol. The lowest BCUT2D eigenvalue weighted by Gasteiger charge is -2.30. The van der Waals surface area contributed by atoms with Gasteiger partial charge >= 0.3 is 0 Å². The molecule has 3 aliphatic heterocycles. The van der Waals surface area contributed by atoms with Crippen LogP contribution in [-0.4, -0.2) is 85.6 Å². The third-order valence-electron chi connectivity index (χ3n) is 6.11. The Bertz CT molecular complexity index is 451. The van der Waals surface area contributed by atoms with E-state index in [0.717, 1.165) is 51.1 Å². The molecule has 0 aliphatic carbocycles. The fraction of sp³-hybridized carbons (Fsp3) is 0.850. The summed E-state index contributed by atoms with van der Waals surface area (Å²) in [6.45, 7) is 14.7. The smallest absolute Gasteiger partial charge is 0.193 e. The van der Waals surface area contributed by atoms with Crippen LogP contribution < -0.4 is 5.32 Å². The van der Waals surface area contributed by atoms with Gasteiger partial charge in [0, 0.05) is 45.3 Å². The molecule has 3 rings (SSSR count). The van der Waals surface area contributed by atoms with Crippen molar-refractivity contribution >= 4 is 29.9 Å². The Morgan fingerprint density at radius 2 is 1.81 bits per heavy atom. The van der Waals surface area contributed by atoms with Crippen LogP contribution in [0.3, 0.4) is 0 Å². The summed E-state index contributed by atoms with van der Waals surface area (Å²) >= 11 is 0. The fourth-order valence-corrected chi connectivity index (χ4v) is 4.39. The molecule has 150 valence electrons. The zero-order valence-corrected chi connectivity index (χ0v) is 19.0. The van der Waals surface area contributed by atoms with E-state index >= 15 is 0 Å². The van der Waals surface area contributed by atoms with E-state index in [-0.39, 0.29) is 24.0 Å². The molecule has 0 aromatic heterocycles. The highest BCUT2D eigenvalue weighted by Crippen LogP contribution is 2.21. The van der Waals surface area contributed by atoms with E-state index in [4.69, 9.17) is 4.99 Å². The monoisotopic (exact) mass is 475 g/mol. The summed E-state index contributed by atoms with van der Waals surface area (Å²) in [6.07, 6.45) is 9.82. The standard InChI is InChI=1S/C20H37N5.HI/c1-3-21-20(22-11-7-18-8-14-23(4-2)15-9-18)25-16-10-19(17-25)24-12-5-6-13-24;/h5-6,18-19H,3-4,7-17H2,1-2H3,(H,21,22);1H. The molecule has 2 saturated heterocycles. The van der Waals surface area contributed by atoms with Gasteiger partial charge in [0.25, 0.3) is 0 Å². The molecule has 0 spiro atoms. The van der Waals surface area contributed by atoms with E-state index in [1.54, 1.807) is 0 Å². The molecule has 0 radical (unpaired) electrons. The number of nitrogens with zero attached hydrogens (tertiary/aromatic N) is 4. The molecular weight excluding hydrogens is 437 g/mol. The summed E-state index contributed by atoms with van der Waals surface area (Å²) in [5, 5.41) is 3.52. The van der Waals surface area contributed by atoms with Crippen molar-refractivity contribution in [2.45, 2.75) is 45.6 Å². The van der Waals surface area contributed by atoms with Gasteiger partial charge in [-0.25, -0.2) is 0 Å². The van der Waals surface area contributed by atoms with Crippen LogP contribution in [0.15, 0.2) is 17.1 Å². The van der Waals surface area contributed by atoms with E-state index in [1.807, 2.05) is 0 Å². The second-order valence-electron chi connectivity index (χ2n) is 7.72. The molecule has 1 unspecified atom stereocenters. The van der Waals surface area contributed by atoms with Crippen LogP contribution in [0.2, 0.25) is 0 Å². The number of nitrogens with one attached hydrogen (secondary N) is 1. The zero-order valence-electron chi connectivity index (χ0n) is 16.7. The Hall–Kier alpha value is -0.340. The first-order chi connectivity index (χ1) is 12.3. The van der Waals surface area contributed by atoms with Gasteiger partial charge in [-0.1, -0.05) is 19.1 Å². The van der Waals surface area contributed by atoms with E-state index < -0.39 is 0 Å². The molecule has 1 atom stereocenters. The number of guanidine groups is 1. The molecule has 26 heavy (non-hydrogen) atoms. The van der Waals surface area contributed by atoms with Gasteiger partial charge in [0.15, 0.2) is 5.96 Å². The molecule has 0 bridgehead atoms. The summed E-state index contributed by atoms with van der Waals surface area (Å²) in [5.41, 5.74) is 0. The normalized spacial score (nSPS) is 25.7. The molecule has 0 aromatic rings. The zero-order chi connectivity index (χ0) is 17.5. The van der Waals surface area contributed by atoms with Crippen LogP contribution in [0, 0.1) is 5.92 Å². The van der Waals surface area contributed by atoms with Crippen molar-refractivity contribution in [1.82, 2.24) is 20.0 Å². The van der Waals surface area contributed by atoms with Crippen molar-refractivity contribution < 1.29 is 0 Å². The van der Waals surface area contributed by atoms with Crippen LogP contribution in [0.4, 0.5) is 0 Å². The second-order valence-corrected chi connectivity index (χ2v) is 7.72. The first kappa shape index (κ1) is 22.0. The average molecular weight is 475 g/mol. The van der Waals surface area contributed by atoms with Gasteiger partial charge in [-0.2, -0.15) is 0 Å². The summed E-state index contributed by atoms with van der Waals surface area (Å²) in [5.74, 6) is 2.01. The summed E-state index contributed by atoms with van der Waals surface area (Å²) in [7, 11) is 0. The number of likely N-dealkylation sites (tertiary alicyclic amines) is 2. The van der Waals surface area contributed by atoms with E-state index in [9.17, 15) is 0 Å². The Morgan fingerprint density at radius 3 is 2.46 bits per heavy atom. The van der Waals surface area contributed by atoms with Crippen molar-refractivity contribution in [3.63, 3.8) is 0 Å². The number of aliphatic imine (C=N–C) groups is 1. The Morgan fingerprint density at radius 1 is 1.08 bits per heavy atom. The summed E-state index contributed by atoms with van der Waals surface area (Å²) < 4.78 is 0. The maximum Gasteiger partial charge on any atom is 0.193 e. The molecular formula is C20H38IN5. The average Bonchev–Trinajstić information content (AvgIpc) is 3.33. The maximum absolute atomic E-state index is 4.97. The molecule has 3 heterocycles. The first-order valence-electron chi connectivity index (χ1n) is 10.4. The number of hydrogen-bond donors (Lipinski definition) is 1. The molecule has 0 amide bonds. The SMILES string of the molecule is CCNC(=NCCC1CCN(CC)CC1)N1CCC(N2CC=CC2)C1.I.